The lowest BCUT2D eigenvalue weighted by atomic mass is 10.1. The molecule has 1 heterocycles. The second kappa shape index (κ2) is 6.35. The molecule has 0 radical (unpaired) electrons. The van der Waals surface area contributed by atoms with Gasteiger partial charge in [0.2, 0.25) is 12.7 Å². The Hall–Kier alpha value is -1.75. The summed E-state index contributed by atoms with van der Waals surface area (Å²) in [5.74, 6) is 1.64. The number of benzene rings is 1. The Morgan fingerprint density at radius 1 is 1.33 bits per heavy atom. The Labute approximate surface area is 125 Å². The first kappa shape index (κ1) is 14.2. The van der Waals surface area contributed by atoms with Gasteiger partial charge in [0.05, 0.1) is 6.04 Å². The first-order valence-corrected chi connectivity index (χ1v) is 7.65. The molecule has 3 rings (SSSR count). The zero-order valence-corrected chi connectivity index (χ0v) is 12.4. The van der Waals surface area contributed by atoms with Crippen molar-refractivity contribution in [3.8, 4) is 11.5 Å². The van der Waals surface area contributed by atoms with E-state index in [1.165, 1.54) is 12.8 Å². The maximum Gasteiger partial charge on any atom is 0.237 e. The number of hydrogen-bond acceptors (Lipinski definition) is 4. The Morgan fingerprint density at radius 3 is 2.95 bits per heavy atom. The van der Waals surface area contributed by atoms with Gasteiger partial charge in [-0.1, -0.05) is 25.0 Å². The van der Waals surface area contributed by atoms with Crippen LogP contribution in [-0.4, -0.2) is 24.8 Å². The van der Waals surface area contributed by atoms with E-state index >= 15 is 0 Å². The third kappa shape index (κ3) is 3.29. The van der Waals surface area contributed by atoms with Gasteiger partial charge in [0.1, 0.15) is 0 Å². The predicted octanol–water partition coefficient (Wildman–Crippen LogP) is 1.95. The van der Waals surface area contributed by atoms with Gasteiger partial charge in [-0.3, -0.25) is 4.79 Å². The lowest BCUT2D eigenvalue weighted by Crippen LogP contribution is -2.45. The minimum absolute atomic E-state index is 0.0756. The van der Waals surface area contributed by atoms with Crippen LogP contribution in [0.3, 0.4) is 0 Å². The molecule has 114 valence electrons. The van der Waals surface area contributed by atoms with E-state index in [1.807, 2.05) is 25.1 Å². The molecule has 1 aromatic rings. The van der Waals surface area contributed by atoms with Crippen LogP contribution in [0.5, 0.6) is 11.5 Å². The molecular formula is C16H22N2O3. The minimum Gasteiger partial charge on any atom is -0.454 e. The Balaban J connectivity index is 1.52. The van der Waals surface area contributed by atoms with Crippen molar-refractivity contribution in [2.75, 3.05) is 6.79 Å². The van der Waals surface area contributed by atoms with Gasteiger partial charge < -0.3 is 20.1 Å². The predicted molar refractivity (Wildman–Crippen MR) is 79.3 cm³/mol. The van der Waals surface area contributed by atoms with Crippen molar-refractivity contribution in [2.24, 2.45) is 0 Å². The van der Waals surface area contributed by atoms with E-state index in [-0.39, 0.29) is 18.7 Å². The van der Waals surface area contributed by atoms with E-state index in [4.69, 9.17) is 9.47 Å². The van der Waals surface area contributed by atoms with E-state index in [2.05, 4.69) is 10.6 Å². The van der Waals surface area contributed by atoms with Gasteiger partial charge in [-0.25, -0.2) is 0 Å². The summed E-state index contributed by atoms with van der Waals surface area (Å²) in [5.41, 5.74) is 1.02. The van der Waals surface area contributed by atoms with E-state index < -0.39 is 0 Å². The summed E-state index contributed by atoms with van der Waals surface area (Å²) in [6, 6.07) is 5.96. The van der Waals surface area contributed by atoms with Crippen LogP contribution in [0.25, 0.3) is 0 Å². The van der Waals surface area contributed by atoms with E-state index in [0.717, 1.165) is 29.9 Å². The van der Waals surface area contributed by atoms with Crippen LogP contribution in [0.4, 0.5) is 0 Å². The molecule has 1 fully saturated rings. The highest BCUT2D eigenvalue weighted by Gasteiger charge is 2.21. The molecule has 0 saturated heterocycles. The van der Waals surface area contributed by atoms with Gasteiger partial charge in [-0.15, -0.1) is 0 Å². The van der Waals surface area contributed by atoms with Crippen LogP contribution in [0.15, 0.2) is 18.2 Å². The van der Waals surface area contributed by atoms with Gasteiger partial charge in [0.15, 0.2) is 11.5 Å². The molecule has 1 amide bonds. The maximum absolute atomic E-state index is 12.1. The second-order valence-corrected chi connectivity index (χ2v) is 5.74. The van der Waals surface area contributed by atoms with Crippen LogP contribution in [0.1, 0.15) is 38.2 Å². The SMILES string of the molecule is CC(NCc1cccc2c1OCO2)C(=O)NC1CCCC1. The van der Waals surface area contributed by atoms with Crippen LogP contribution in [0, 0.1) is 0 Å². The average molecular weight is 290 g/mol. The Bertz CT molecular complexity index is 512. The standard InChI is InChI=1S/C16H22N2O3/c1-11(16(19)18-13-6-2-3-7-13)17-9-12-5-4-8-14-15(12)21-10-20-14/h4-5,8,11,13,17H,2-3,6-7,9-10H2,1H3,(H,18,19). The van der Waals surface area contributed by atoms with Crippen molar-refractivity contribution >= 4 is 5.91 Å². The molecule has 5 heteroatoms. The Kier molecular flexibility index (Phi) is 4.29. The van der Waals surface area contributed by atoms with E-state index in [1.54, 1.807) is 0 Å². The summed E-state index contributed by atoms with van der Waals surface area (Å²) in [4.78, 5) is 12.1. The van der Waals surface area contributed by atoms with E-state index in [9.17, 15) is 4.79 Å². The molecule has 5 nitrogen and oxygen atoms in total. The maximum atomic E-state index is 12.1. The largest absolute Gasteiger partial charge is 0.454 e. The lowest BCUT2D eigenvalue weighted by molar-refractivity contribution is -0.123. The van der Waals surface area contributed by atoms with Gasteiger partial charge in [0.25, 0.3) is 0 Å². The molecule has 1 aliphatic carbocycles. The number of amides is 1. The third-order valence-electron chi connectivity index (χ3n) is 4.17. The number of carbonyl (C=O) groups excluding carboxylic acids is 1. The fourth-order valence-corrected chi connectivity index (χ4v) is 2.88. The first-order chi connectivity index (χ1) is 10.2. The van der Waals surface area contributed by atoms with Crippen molar-refractivity contribution in [3.63, 3.8) is 0 Å². The molecule has 1 saturated carbocycles. The van der Waals surface area contributed by atoms with Crippen LogP contribution >= 0.6 is 0 Å². The van der Waals surface area contributed by atoms with Gasteiger partial charge in [-0.2, -0.15) is 0 Å². The second-order valence-electron chi connectivity index (χ2n) is 5.74. The molecule has 0 spiro atoms. The number of para-hydroxylation sites is 1. The lowest BCUT2D eigenvalue weighted by Gasteiger charge is -2.18. The van der Waals surface area contributed by atoms with Crippen molar-refractivity contribution in [1.82, 2.24) is 10.6 Å². The monoisotopic (exact) mass is 290 g/mol. The topological polar surface area (TPSA) is 59.6 Å². The molecule has 21 heavy (non-hydrogen) atoms. The molecule has 0 aromatic heterocycles. The molecule has 0 bridgehead atoms. The summed E-state index contributed by atoms with van der Waals surface area (Å²) < 4.78 is 10.8. The van der Waals surface area contributed by atoms with Crippen LogP contribution < -0.4 is 20.1 Å². The van der Waals surface area contributed by atoms with Crippen molar-refractivity contribution in [2.45, 2.75) is 51.2 Å². The zero-order chi connectivity index (χ0) is 14.7. The summed E-state index contributed by atoms with van der Waals surface area (Å²) in [7, 11) is 0. The summed E-state index contributed by atoms with van der Waals surface area (Å²) in [5, 5.41) is 6.36. The number of nitrogens with one attached hydrogen (secondary N) is 2. The minimum atomic E-state index is -0.219. The van der Waals surface area contributed by atoms with Crippen molar-refractivity contribution in [3.05, 3.63) is 23.8 Å². The van der Waals surface area contributed by atoms with Gasteiger partial charge in [-0.05, 0) is 25.8 Å². The zero-order valence-electron chi connectivity index (χ0n) is 12.4. The highest BCUT2D eigenvalue weighted by molar-refractivity contribution is 5.81. The Morgan fingerprint density at radius 2 is 2.14 bits per heavy atom. The molecule has 2 N–H and O–H groups in total. The highest BCUT2D eigenvalue weighted by atomic mass is 16.7. The molecule has 1 aliphatic heterocycles. The summed E-state index contributed by atoms with van der Waals surface area (Å²) in [6.45, 7) is 2.75. The van der Waals surface area contributed by atoms with Crippen LogP contribution in [-0.2, 0) is 11.3 Å². The molecular weight excluding hydrogens is 268 g/mol. The molecule has 1 atom stereocenters. The van der Waals surface area contributed by atoms with E-state index in [0.29, 0.717) is 12.6 Å². The fourth-order valence-electron chi connectivity index (χ4n) is 2.88. The highest BCUT2D eigenvalue weighted by Crippen LogP contribution is 2.35. The molecule has 2 aliphatic rings. The van der Waals surface area contributed by atoms with Gasteiger partial charge in [0, 0.05) is 18.2 Å². The number of hydrogen-bond donors (Lipinski definition) is 2. The third-order valence-corrected chi connectivity index (χ3v) is 4.17. The molecule has 1 unspecified atom stereocenters. The number of rotatable bonds is 5. The average Bonchev–Trinajstić information content (AvgIpc) is 3.15. The first-order valence-electron chi connectivity index (χ1n) is 7.65. The van der Waals surface area contributed by atoms with Crippen molar-refractivity contribution in [1.29, 1.82) is 0 Å². The smallest absolute Gasteiger partial charge is 0.237 e. The number of fused-ring (bicyclic) bond motifs is 1. The van der Waals surface area contributed by atoms with Gasteiger partial charge >= 0.3 is 0 Å². The number of ether oxygens (including phenoxy) is 2. The normalized spacial score (nSPS) is 18.7. The van der Waals surface area contributed by atoms with Crippen LogP contribution in [0.2, 0.25) is 0 Å². The molecule has 1 aromatic carbocycles. The number of carbonyl (C=O) groups is 1. The fraction of sp³-hybridized carbons (Fsp3) is 0.562. The van der Waals surface area contributed by atoms with Crippen molar-refractivity contribution < 1.29 is 14.3 Å². The summed E-state index contributed by atoms with van der Waals surface area (Å²) in [6.07, 6.45) is 4.66. The quantitative estimate of drug-likeness (QED) is 0.870. The summed E-state index contributed by atoms with van der Waals surface area (Å²) >= 11 is 0.